The molecule has 0 radical (unpaired) electrons. The molecular weight excluding hydrogens is 480 g/mol. The molecule has 0 aromatic heterocycles. The van der Waals surface area contributed by atoms with Gasteiger partial charge in [0.05, 0.1) is 22.3 Å². The molecule has 0 bridgehead atoms. The lowest BCUT2D eigenvalue weighted by molar-refractivity contribution is -0.123. The molecule has 0 aliphatic heterocycles. The number of nitrogens with one attached hydrogen (secondary N) is 1. The second-order valence-electron chi connectivity index (χ2n) is 5.17. The molecule has 1 amide bonds. The molecule has 142 valence electrons. The highest BCUT2D eigenvalue weighted by atomic mass is 79.9. The van der Waals surface area contributed by atoms with Crippen molar-refractivity contribution in [3.8, 4) is 17.2 Å². The number of rotatable bonds is 9. The minimum absolute atomic E-state index is 0.185. The second kappa shape index (κ2) is 10.7. The predicted molar refractivity (Wildman–Crippen MR) is 112 cm³/mol. The van der Waals surface area contributed by atoms with E-state index in [0.717, 1.165) is 11.3 Å². The summed E-state index contributed by atoms with van der Waals surface area (Å²) in [6.07, 6.45) is 3.21. The smallest absolute Gasteiger partial charge is 0.277 e. The Hall–Kier alpha value is -2.32. The SMILES string of the molecule is C=CCOc1ccc(C=NNC(=O)COc2c(Br)cc(OC)cc2Br)cc1. The Morgan fingerprint density at radius 3 is 2.41 bits per heavy atom. The van der Waals surface area contributed by atoms with Crippen molar-refractivity contribution in [3.63, 3.8) is 0 Å². The lowest BCUT2D eigenvalue weighted by atomic mass is 10.2. The van der Waals surface area contributed by atoms with E-state index in [2.05, 4.69) is 49.0 Å². The van der Waals surface area contributed by atoms with Gasteiger partial charge in [-0.1, -0.05) is 12.7 Å². The normalized spacial score (nSPS) is 10.5. The van der Waals surface area contributed by atoms with Gasteiger partial charge < -0.3 is 14.2 Å². The fourth-order valence-corrected chi connectivity index (χ4v) is 3.32. The van der Waals surface area contributed by atoms with Gasteiger partial charge in [0.1, 0.15) is 23.9 Å². The molecule has 2 aromatic carbocycles. The minimum Gasteiger partial charge on any atom is -0.497 e. The molecular formula is C19H18Br2N2O4. The van der Waals surface area contributed by atoms with Crippen molar-refractivity contribution in [2.45, 2.75) is 0 Å². The van der Waals surface area contributed by atoms with Gasteiger partial charge in [0, 0.05) is 0 Å². The highest BCUT2D eigenvalue weighted by molar-refractivity contribution is 9.11. The highest BCUT2D eigenvalue weighted by Gasteiger charge is 2.11. The number of amides is 1. The Labute approximate surface area is 174 Å². The van der Waals surface area contributed by atoms with Crippen LogP contribution in [0.4, 0.5) is 0 Å². The predicted octanol–water partition coefficient (Wildman–Crippen LogP) is 4.31. The lowest BCUT2D eigenvalue weighted by Crippen LogP contribution is -2.24. The van der Waals surface area contributed by atoms with Gasteiger partial charge in [0.15, 0.2) is 6.61 Å². The van der Waals surface area contributed by atoms with Crippen LogP contribution in [0.5, 0.6) is 17.2 Å². The molecule has 2 aromatic rings. The van der Waals surface area contributed by atoms with Crippen LogP contribution in [0.25, 0.3) is 0 Å². The molecule has 0 unspecified atom stereocenters. The van der Waals surface area contributed by atoms with Crippen LogP contribution in [0.3, 0.4) is 0 Å². The summed E-state index contributed by atoms with van der Waals surface area (Å²) in [6, 6.07) is 10.8. The molecule has 0 spiro atoms. The summed E-state index contributed by atoms with van der Waals surface area (Å²) in [4.78, 5) is 11.9. The number of methoxy groups -OCH3 is 1. The summed E-state index contributed by atoms with van der Waals surface area (Å²) in [5, 5.41) is 3.91. The molecule has 1 N–H and O–H groups in total. The van der Waals surface area contributed by atoms with E-state index in [1.807, 2.05) is 24.3 Å². The Bertz CT molecular complexity index is 800. The average molecular weight is 498 g/mol. The van der Waals surface area contributed by atoms with Crippen molar-refractivity contribution in [2.75, 3.05) is 20.3 Å². The van der Waals surface area contributed by atoms with Crippen molar-refractivity contribution in [2.24, 2.45) is 5.10 Å². The van der Waals surface area contributed by atoms with E-state index < -0.39 is 0 Å². The third kappa shape index (κ3) is 6.73. The van der Waals surface area contributed by atoms with E-state index in [4.69, 9.17) is 14.2 Å². The van der Waals surface area contributed by atoms with E-state index in [-0.39, 0.29) is 12.5 Å². The average Bonchev–Trinajstić information content (AvgIpc) is 2.66. The fraction of sp³-hybridized carbons (Fsp3) is 0.158. The molecule has 0 aliphatic rings. The zero-order valence-corrected chi connectivity index (χ0v) is 17.7. The summed E-state index contributed by atoms with van der Waals surface area (Å²) in [5.74, 6) is 1.52. The molecule has 0 saturated carbocycles. The molecule has 8 heteroatoms. The maximum atomic E-state index is 11.9. The van der Waals surface area contributed by atoms with Crippen molar-refractivity contribution < 1.29 is 19.0 Å². The third-order valence-corrected chi connectivity index (χ3v) is 4.38. The van der Waals surface area contributed by atoms with Crippen LogP contribution in [0.15, 0.2) is 63.1 Å². The molecule has 0 heterocycles. The molecule has 0 fully saturated rings. The number of hydrogen-bond acceptors (Lipinski definition) is 5. The van der Waals surface area contributed by atoms with Crippen molar-refractivity contribution in [1.29, 1.82) is 0 Å². The fourth-order valence-electron chi connectivity index (χ4n) is 1.95. The van der Waals surface area contributed by atoms with E-state index in [9.17, 15) is 4.79 Å². The number of hydrazone groups is 1. The number of halogens is 2. The molecule has 27 heavy (non-hydrogen) atoms. The monoisotopic (exact) mass is 496 g/mol. The first-order chi connectivity index (χ1) is 13.0. The Balaban J connectivity index is 1.84. The van der Waals surface area contributed by atoms with Gasteiger partial charge in [-0.3, -0.25) is 4.79 Å². The van der Waals surface area contributed by atoms with Crippen LogP contribution in [0, 0.1) is 0 Å². The number of benzene rings is 2. The largest absolute Gasteiger partial charge is 0.497 e. The lowest BCUT2D eigenvalue weighted by Gasteiger charge is -2.11. The third-order valence-electron chi connectivity index (χ3n) is 3.21. The van der Waals surface area contributed by atoms with Gasteiger partial charge in [-0.05, 0) is 73.8 Å². The summed E-state index contributed by atoms with van der Waals surface area (Å²) < 4.78 is 17.4. The van der Waals surface area contributed by atoms with Crippen molar-refractivity contribution in [3.05, 3.63) is 63.6 Å². The number of carbonyl (C=O) groups is 1. The van der Waals surface area contributed by atoms with E-state index in [0.29, 0.717) is 27.1 Å². The molecule has 0 saturated heterocycles. The van der Waals surface area contributed by atoms with Gasteiger partial charge in [0.2, 0.25) is 0 Å². The van der Waals surface area contributed by atoms with E-state index in [1.165, 1.54) is 6.21 Å². The van der Waals surface area contributed by atoms with Crippen LogP contribution in [-0.4, -0.2) is 32.4 Å². The van der Waals surface area contributed by atoms with E-state index in [1.54, 1.807) is 25.3 Å². The van der Waals surface area contributed by atoms with E-state index >= 15 is 0 Å². The second-order valence-corrected chi connectivity index (χ2v) is 6.88. The topological polar surface area (TPSA) is 69.2 Å². The van der Waals surface area contributed by atoms with Crippen LogP contribution < -0.4 is 19.6 Å². The first-order valence-corrected chi connectivity index (χ1v) is 9.43. The summed E-state index contributed by atoms with van der Waals surface area (Å²) in [5.41, 5.74) is 3.24. The summed E-state index contributed by atoms with van der Waals surface area (Å²) >= 11 is 6.76. The number of carbonyl (C=O) groups excluding carboxylic acids is 1. The van der Waals surface area contributed by atoms with Crippen LogP contribution >= 0.6 is 31.9 Å². The van der Waals surface area contributed by atoms with Gasteiger partial charge in [-0.15, -0.1) is 0 Å². The first-order valence-electron chi connectivity index (χ1n) is 7.85. The maximum absolute atomic E-state index is 11.9. The molecule has 0 atom stereocenters. The quantitative estimate of drug-likeness (QED) is 0.318. The summed E-state index contributed by atoms with van der Waals surface area (Å²) in [7, 11) is 1.57. The number of hydrogen-bond donors (Lipinski definition) is 1. The number of ether oxygens (including phenoxy) is 3. The zero-order valence-electron chi connectivity index (χ0n) is 14.6. The van der Waals surface area contributed by atoms with Gasteiger partial charge in [-0.25, -0.2) is 5.43 Å². The zero-order chi connectivity index (χ0) is 19.6. The standard InChI is InChI=1S/C19H18Br2N2O4/c1-3-8-26-14-6-4-13(5-7-14)11-22-23-18(24)12-27-19-16(20)9-15(25-2)10-17(19)21/h3-7,9-11H,1,8,12H2,2H3,(H,23,24). The first kappa shape index (κ1) is 21.0. The van der Waals surface area contributed by atoms with Crippen molar-refractivity contribution in [1.82, 2.24) is 5.43 Å². The highest BCUT2D eigenvalue weighted by Crippen LogP contribution is 2.37. The van der Waals surface area contributed by atoms with Crippen LogP contribution in [0.1, 0.15) is 5.56 Å². The molecule has 2 rings (SSSR count). The minimum atomic E-state index is -0.383. The van der Waals surface area contributed by atoms with Crippen molar-refractivity contribution >= 4 is 44.0 Å². The molecule has 0 aliphatic carbocycles. The van der Waals surface area contributed by atoms with Gasteiger partial charge >= 0.3 is 0 Å². The molecule has 6 nitrogen and oxygen atoms in total. The summed E-state index contributed by atoms with van der Waals surface area (Å²) in [6.45, 7) is 3.86. The van der Waals surface area contributed by atoms with Crippen LogP contribution in [0.2, 0.25) is 0 Å². The Morgan fingerprint density at radius 1 is 1.15 bits per heavy atom. The Kier molecular flexibility index (Phi) is 8.35. The Morgan fingerprint density at radius 2 is 1.81 bits per heavy atom. The van der Waals surface area contributed by atoms with Gasteiger partial charge in [-0.2, -0.15) is 5.10 Å². The van der Waals surface area contributed by atoms with Gasteiger partial charge in [0.25, 0.3) is 5.91 Å². The van der Waals surface area contributed by atoms with Crippen LogP contribution in [-0.2, 0) is 4.79 Å². The maximum Gasteiger partial charge on any atom is 0.277 e. The number of nitrogens with zero attached hydrogens (tertiary/aromatic N) is 1.